The fourth-order valence-electron chi connectivity index (χ4n) is 2.66. The van der Waals surface area contributed by atoms with Crippen molar-refractivity contribution in [3.8, 4) is 0 Å². The second-order valence-corrected chi connectivity index (χ2v) is 7.60. The van der Waals surface area contributed by atoms with Gasteiger partial charge < -0.3 is 4.48 Å². The van der Waals surface area contributed by atoms with Crippen LogP contribution < -0.4 is 0 Å². The van der Waals surface area contributed by atoms with Crippen molar-refractivity contribution < 1.29 is 4.48 Å². The van der Waals surface area contributed by atoms with Crippen LogP contribution in [-0.4, -0.2) is 32.2 Å². The topological polar surface area (TPSA) is 0 Å². The van der Waals surface area contributed by atoms with Crippen molar-refractivity contribution in [2.45, 2.75) is 90.4 Å². The molecule has 0 bridgehead atoms. The zero-order chi connectivity index (χ0) is 15.8. The third-order valence-electron chi connectivity index (χ3n) is 4.09. The Morgan fingerprint density at radius 3 is 1.48 bits per heavy atom. The Kier molecular flexibility index (Phi) is 14.4. The number of hydrogen-bond acceptors (Lipinski definition) is 0. The first-order chi connectivity index (χ1) is 10.1. The summed E-state index contributed by atoms with van der Waals surface area (Å²) in [7, 11) is 6.86. The first-order valence-electron chi connectivity index (χ1n) is 9.51. The van der Waals surface area contributed by atoms with Crippen LogP contribution in [0.4, 0.5) is 0 Å². The minimum Gasteiger partial charge on any atom is -0.331 e. The molecule has 0 radical (unpaired) electrons. The molecule has 0 aliphatic heterocycles. The Morgan fingerprint density at radius 1 is 0.571 bits per heavy atom. The summed E-state index contributed by atoms with van der Waals surface area (Å²) in [6.45, 7) is 3.60. The zero-order valence-corrected chi connectivity index (χ0v) is 15.5. The van der Waals surface area contributed by atoms with E-state index in [0.717, 1.165) is 4.48 Å². The quantitative estimate of drug-likeness (QED) is 0.188. The standard InChI is InChI=1S/C20H42N/c1-5-6-7-8-9-10-11-12-13-14-15-16-17-18-19-20-21(2,3)4/h12-13H,5-11,14-20H2,1-4H3/q+1. The van der Waals surface area contributed by atoms with Crippen LogP contribution in [0.15, 0.2) is 12.2 Å². The molecule has 0 saturated heterocycles. The molecule has 0 spiro atoms. The van der Waals surface area contributed by atoms with Gasteiger partial charge in [-0.15, -0.1) is 0 Å². The molecule has 0 saturated carbocycles. The summed E-state index contributed by atoms with van der Waals surface area (Å²) >= 11 is 0. The van der Waals surface area contributed by atoms with E-state index in [0.29, 0.717) is 0 Å². The summed E-state index contributed by atoms with van der Waals surface area (Å²) in [5.41, 5.74) is 0. The minimum absolute atomic E-state index is 1.11. The first kappa shape index (κ1) is 20.7. The Balaban J connectivity index is 3.12. The summed E-state index contributed by atoms with van der Waals surface area (Å²) in [5, 5.41) is 0. The molecule has 0 heterocycles. The Labute approximate surface area is 135 Å². The van der Waals surface area contributed by atoms with Gasteiger partial charge in [0, 0.05) is 0 Å². The van der Waals surface area contributed by atoms with E-state index in [1.54, 1.807) is 0 Å². The molecule has 21 heavy (non-hydrogen) atoms. The van der Waals surface area contributed by atoms with Gasteiger partial charge in [-0.25, -0.2) is 0 Å². The Hall–Kier alpha value is -0.300. The van der Waals surface area contributed by atoms with E-state index in [-0.39, 0.29) is 0 Å². The molecule has 0 aromatic rings. The van der Waals surface area contributed by atoms with Gasteiger partial charge in [-0.2, -0.15) is 0 Å². The summed E-state index contributed by atoms with van der Waals surface area (Å²) in [6, 6.07) is 0. The molecule has 0 aliphatic carbocycles. The zero-order valence-electron chi connectivity index (χ0n) is 15.5. The van der Waals surface area contributed by atoms with Crippen LogP contribution in [0.5, 0.6) is 0 Å². The van der Waals surface area contributed by atoms with Crippen molar-refractivity contribution >= 4 is 0 Å². The Bertz CT molecular complexity index is 224. The van der Waals surface area contributed by atoms with Gasteiger partial charge in [-0.3, -0.25) is 0 Å². The van der Waals surface area contributed by atoms with E-state index in [9.17, 15) is 0 Å². The summed E-state index contributed by atoms with van der Waals surface area (Å²) in [5.74, 6) is 0. The predicted molar refractivity (Wildman–Crippen MR) is 97.7 cm³/mol. The smallest absolute Gasteiger partial charge is 0.0780 e. The van der Waals surface area contributed by atoms with Gasteiger partial charge in [0.1, 0.15) is 0 Å². The average Bonchev–Trinajstić information content (AvgIpc) is 2.42. The van der Waals surface area contributed by atoms with Crippen molar-refractivity contribution in [2.75, 3.05) is 27.7 Å². The number of unbranched alkanes of at least 4 members (excludes halogenated alkanes) is 11. The van der Waals surface area contributed by atoms with Crippen LogP contribution in [0.1, 0.15) is 90.4 Å². The molecule has 0 aliphatic rings. The van der Waals surface area contributed by atoms with E-state index in [1.165, 1.54) is 90.0 Å². The lowest BCUT2D eigenvalue weighted by molar-refractivity contribution is -0.870. The van der Waals surface area contributed by atoms with E-state index in [4.69, 9.17) is 0 Å². The maximum atomic E-state index is 2.41. The lowest BCUT2D eigenvalue weighted by Crippen LogP contribution is -2.35. The summed E-state index contributed by atoms with van der Waals surface area (Å²) in [6.07, 6.45) is 22.9. The van der Waals surface area contributed by atoms with Gasteiger partial charge in [0.2, 0.25) is 0 Å². The highest BCUT2D eigenvalue weighted by atomic mass is 15.3. The fourth-order valence-corrected chi connectivity index (χ4v) is 2.66. The molecule has 1 nitrogen and oxygen atoms in total. The molecule has 0 rings (SSSR count). The lowest BCUT2D eigenvalue weighted by Gasteiger charge is -2.23. The molecular formula is C20H42N+. The maximum Gasteiger partial charge on any atom is 0.0780 e. The SMILES string of the molecule is CCCCCCCCC=CCCCCCCC[N+](C)(C)C. The lowest BCUT2D eigenvalue weighted by atomic mass is 10.1. The molecule has 0 aromatic carbocycles. The highest BCUT2D eigenvalue weighted by Gasteiger charge is 2.04. The number of nitrogens with zero attached hydrogens (tertiary/aromatic N) is 1. The summed E-state index contributed by atoms with van der Waals surface area (Å²) < 4.78 is 1.11. The molecule has 0 atom stereocenters. The van der Waals surface area contributed by atoms with E-state index in [1.807, 2.05) is 0 Å². The van der Waals surface area contributed by atoms with Crippen molar-refractivity contribution in [2.24, 2.45) is 0 Å². The first-order valence-corrected chi connectivity index (χ1v) is 9.51. The van der Waals surface area contributed by atoms with E-state index < -0.39 is 0 Å². The third kappa shape index (κ3) is 19.7. The van der Waals surface area contributed by atoms with Crippen LogP contribution in [0, 0.1) is 0 Å². The van der Waals surface area contributed by atoms with Gasteiger partial charge in [-0.05, 0) is 38.5 Å². The van der Waals surface area contributed by atoms with Gasteiger partial charge in [0.05, 0.1) is 27.7 Å². The molecule has 1 heteroatoms. The van der Waals surface area contributed by atoms with Crippen molar-refractivity contribution in [1.29, 1.82) is 0 Å². The fraction of sp³-hybridized carbons (Fsp3) is 0.900. The molecule has 0 N–H and O–H groups in total. The van der Waals surface area contributed by atoms with Gasteiger partial charge in [0.25, 0.3) is 0 Å². The third-order valence-corrected chi connectivity index (χ3v) is 4.09. The van der Waals surface area contributed by atoms with Crippen molar-refractivity contribution in [3.63, 3.8) is 0 Å². The maximum absolute atomic E-state index is 2.41. The normalized spacial score (nSPS) is 12.4. The molecule has 0 amide bonds. The van der Waals surface area contributed by atoms with E-state index >= 15 is 0 Å². The highest BCUT2D eigenvalue weighted by molar-refractivity contribution is 4.81. The summed E-state index contributed by atoms with van der Waals surface area (Å²) in [4.78, 5) is 0. The molecule has 126 valence electrons. The molecular weight excluding hydrogens is 254 g/mol. The molecule has 0 unspecified atom stereocenters. The number of quaternary nitrogens is 1. The number of allylic oxidation sites excluding steroid dienone is 2. The van der Waals surface area contributed by atoms with Crippen LogP contribution >= 0.6 is 0 Å². The van der Waals surface area contributed by atoms with Gasteiger partial charge in [-0.1, -0.05) is 64.0 Å². The van der Waals surface area contributed by atoms with Crippen molar-refractivity contribution in [3.05, 3.63) is 12.2 Å². The molecule has 0 aromatic heterocycles. The number of hydrogen-bond donors (Lipinski definition) is 0. The van der Waals surface area contributed by atoms with Gasteiger partial charge in [0.15, 0.2) is 0 Å². The second kappa shape index (κ2) is 14.6. The largest absolute Gasteiger partial charge is 0.331 e. The monoisotopic (exact) mass is 296 g/mol. The second-order valence-electron chi connectivity index (χ2n) is 7.60. The van der Waals surface area contributed by atoms with Crippen LogP contribution in [-0.2, 0) is 0 Å². The highest BCUT2D eigenvalue weighted by Crippen LogP contribution is 2.09. The molecule has 0 fully saturated rings. The average molecular weight is 297 g/mol. The van der Waals surface area contributed by atoms with Gasteiger partial charge >= 0.3 is 0 Å². The number of rotatable bonds is 15. The van der Waals surface area contributed by atoms with Crippen LogP contribution in [0.2, 0.25) is 0 Å². The van der Waals surface area contributed by atoms with E-state index in [2.05, 4.69) is 40.2 Å². The minimum atomic E-state index is 1.11. The van der Waals surface area contributed by atoms with Crippen LogP contribution in [0.3, 0.4) is 0 Å². The van der Waals surface area contributed by atoms with Crippen molar-refractivity contribution in [1.82, 2.24) is 0 Å². The predicted octanol–water partition coefficient (Wildman–Crippen LogP) is 6.34. The van der Waals surface area contributed by atoms with Crippen LogP contribution in [0.25, 0.3) is 0 Å². The Morgan fingerprint density at radius 2 is 1.00 bits per heavy atom.